The van der Waals surface area contributed by atoms with Crippen LogP contribution in [0.15, 0.2) is 29.2 Å². The van der Waals surface area contributed by atoms with Crippen LogP contribution in [-0.2, 0) is 26.5 Å². The average Bonchev–Trinajstić information content (AvgIpc) is 2.01. The molecular weight excluding hydrogens is 216 g/mol. The molecule has 0 atom stereocenters. The lowest BCUT2D eigenvalue weighted by Gasteiger charge is -2.01. The molecule has 14 heavy (non-hydrogen) atoms. The zero-order valence-electron chi connectivity index (χ0n) is 8.65. The van der Waals surface area contributed by atoms with Crippen LogP contribution >= 0.6 is 0 Å². The molecule has 0 aliphatic heterocycles. The van der Waals surface area contributed by atoms with Crippen molar-refractivity contribution in [3.8, 4) is 0 Å². The third kappa shape index (κ3) is 3.35. The molecule has 0 heterocycles. The molecule has 1 aromatic carbocycles. The summed E-state index contributed by atoms with van der Waals surface area (Å²) in [6.45, 7) is 0. The molecule has 0 aliphatic rings. The van der Waals surface area contributed by atoms with Crippen LogP contribution in [0, 0.1) is 0 Å². The lowest BCUT2D eigenvalue weighted by molar-refractivity contribution is 0.602. The monoisotopic (exact) mass is 231 g/mol. The fourth-order valence-corrected chi connectivity index (χ4v) is 2.74. The minimum Gasteiger partial charge on any atom is -0.224 e. The molecule has 0 unspecified atom stereocenters. The minimum absolute atomic E-state index is 0.304. The van der Waals surface area contributed by atoms with E-state index in [0.717, 1.165) is 11.3 Å². The predicted molar refractivity (Wildman–Crippen MR) is 62.5 cm³/mol. The molecule has 1 rings (SSSR count). The molecule has 0 saturated heterocycles. The SMILES string of the molecule is C[S+](C)Cc1cccc(S(C)(=O)=O)c1. The second-order valence-corrected chi connectivity index (χ2v) is 7.83. The van der Waals surface area contributed by atoms with Gasteiger partial charge in [0.1, 0.15) is 5.75 Å². The van der Waals surface area contributed by atoms with Gasteiger partial charge in [-0.15, -0.1) is 0 Å². The first kappa shape index (κ1) is 11.6. The Kier molecular flexibility index (Phi) is 3.61. The Balaban J connectivity index is 3.02. The Labute approximate surface area is 88.6 Å². The molecule has 4 heteroatoms. The van der Waals surface area contributed by atoms with E-state index < -0.39 is 9.84 Å². The minimum atomic E-state index is -3.06. The molecule has 0 N–H and O–H groups in total. The van der Waals surface area contributed by atoms with Crippen molar-refractivity contribution in [3.05, 3.63) is 29.8 Å². The van der Waals surface area contributed by atoms with E-state index in [1.165, 1.54) is 6.26 Å². The molecule has 0 bridgehead atoms. The highest BCUT2D eigenvalue weighted by Gasteiger charge is 2.10. The fourth-order valence-electron chi connectivity index (χ4n) is 1.20. The number of benzene rings is 1. The van der Waals surface area contributed by atoms with Crippen molar-refractivity contribution in [2.45, 2.75) is 10.6 Å². The quantitative estimate of drug-likeness (QED) is 0.738. The van der Waals surface area contributed by atoms with E-state index in [0.29, 0.717) is 15.8 Å². The lowest BCUT2D eigenvalue weighted by atomic mass is 10.2. The average molecular weight is 231 g/mol. The van der Waals surface area contributed by atoms with Crippen LogP contribution < -0.4 is 0 Å². The summed E-state index contributed by atoms with van der Waals surface area (Å²) in [6, 6.07) is 7.19. The highest BCUT2D eigenvalue weighted by Crippen LogP contribution is 2.13. The van der Waals surface area contributed by atoms with E-state index in [2.05, 4.69) is 12.5 Å². The summed E-state index contributed by atoms with van der Waals surface area (Å²) in [7, 11) is -2.75. The highest BCUT2D eigenvalue weighted by molar-refractivity contribution is 7.94. The summed E-state index contributed by atoms with van der Waals surface area (Å²) in [5, 5.41) is 0. The summed E-state index contributed by atoms with van der Waals surface area (Å²) < 4.78 is 22.5. The van der Waals surface area contributed by atoms with Gasteiger partial charge in [-0.2, -0.15) is 0 Å². The number of sulfone groups is 1. The first-order chi connectivity index (χ1) is 6.39. The largest absolute Gasteiger partial charge is 0.224 e. The third-order valence-corrected chi connectivity index (χ3v) is 3.80. The van der Waals surface area contributed by atoms with Gasteiger partial charge >= 0.3 is 0 Å². The Morgan fingerprint density at radius 1 is 1.29 bits per heavy atom. The first-order valence-corrected chi connectivity index (χ1v) is 8.33. The second-order valence-electron chi connectivity index (χ2n) is 3.55. The van der Waals surface area contributed by atoms with E-state index in [9.17, 15) is 8.42 Å². The van der Waals surface area contributed by atoms with Gasteiger partial charge < -0.3 is 0 Å². The number of hydrogen-bond acceptors (Lipinski definition) is 2. The van der Waals surface area contributed by atoms with Gasteiger partial charge in [-0.05, 0) is 23.0 Å². The van der Waals surface area contributed by atoms with Crippen LogP contribution in [0.3, 0.4) is 0 Å². The van der Waals surface area contributed by atoms with Gasteiger partial charge in [-0.3, -0.25) is 0 Å². The molecule has 0 aromatic heterocycles. The Morgan fingerprint density at radius 2 is 1.93 bits per heavy atom. The summed E-state index contributed by atoms with van der Waals surface area (Å²) in [5.74, 6) is 0.948. The molecule has 1 aromatic rings. The van der Waals surface area contributed by atoms with E-state index in [-0.39, 0.29) is 0 Å². The van der Waals surface area contributed by atoms with E-state index in [4.69, 9.17) is 0 Å². The topological polar surface area (TPSA) is 34.1 Å². The van der Waals surface area contributed by atoms with Crippen molar-refractivity contribution >= 4 is 20.7 Å². The molecule has 2 nitrogen and oxygen atoms in total. The van der Waals surface area contributed by atoms with Crippen molar-refractivity contribution in [3.63, 3.8) is 0 Å². The van der Waals surface area contributed by atoms with Crippen LogP contribution in [0.4, 0.5) is 0 Å². The standard InChI is InChI=1S/C10H15O2S2/c1-13(2)8-9-5-4-6-10(7-9)14(3,11)12/h4-7H,8H2,1-3H3/q+1. The molecule has 0 spiro atoms. The Morgan fingerprint density at radius 3 is 2.43 bits per heavy atom. The van der Waals surface area contributed by atoms with E-state index >= 15 is 0 Å². The van der Waals surface area contributed by atoms with Crippen LogP contribution in [-0.4, -0.2) is 27.2 Å². The van der Waals surface area contributed by atoms with Crippen molar-refractivity contribution in [2.75, 3.05) is 18.8 Å². The number of rotatable bonds is 3. The summed E-state index contributed by atoms with van der Waals surface area (Å²) in [6.07, 6.45) is 5.53. The maximum absolute atomic E-state index is 11.3. The zero-order valence-corrected chi connectivity index (χ0v) is 10.3. The van der Waals surface area contributed by atoms with E-state index in [1.54, 1.807) is 18.2 Å². The van der Waals surface area contributed by atoms with Gasteiger partial charge in [0.15, 0.2) is 9.84 Å². The smallest absolute Gasteiger partial charge is 0.175 e. The van der Waals surface area contributed by atoms with Gasteiger partial charge in [0.25, 0.3) is 0 Å². The lowest BCUT2D eigenvalue weighted by Crippen LogP contribution is -2.02. The van der Waals surface area contributed by atoms with Crippen molar-refractivity contribution in [1.29, 1.82) is 0 Å². The molecule has 0 fully saturated rings. The zero-order chi connectivity index (χ0) is 10.8. The number of hydrogen-bond donors (Lipinski definition) is 0. The molecule has 0 saturated carbocycles. The molecule has 0 radical (unpaired) electrons. The summed E-state index contributed by atoms with van der Waals surface area (Å²) in [4.78, 5) is 0.417. The van der Waals surface area contributed by atoms with E-state index in [1.807, 2.05) is 6.07 Å². The van der Waals surface area contributed by atoms with Gasteiger partial charge in [-0.25, -0.2) is 8.42 Å². The normalized spacial score (nSPS) is 12.0. The van der Waals surface area contributed by atoms with Gasteiger partial charge in [-0.1, -0.05) is 12.1 Å². The second kappa shape index (κ2) is 4.36. The Bertz CT molecular complexity index is 408. The maximum atomic E-state index is 11.3. The maximum Gasteiger partial charge on any atom is 0.175 e. The Hall–Kier alpha value is -0.480. The van der Waals surface area contributed by atoms with Crippen LogP contribution in [0.2, 0.25) is 0 Å². The van der Waals surface area contributed by atoms with Gasteiger partial charge in [0.05, 0.1) is 17.4 Å². The van der Waals surface area contributed by atoms with Crippen molar-refractivity contribution in [2.24, 2.45) is 0 Å². The predicted octanol–water partition coefficient (Wildman–Crippen LogP) is 1.47. The first-order valence-electron chi connectivity index (χ1n) is 4.23. The van der Waals surface area contributed by atoms with Crippen LogP contribution in [0.5, 0.6) is 0 Å². The molecule has 0 aliphatic carbocycles. The van der Waals surface area contributed by atoms with Crippen molar-refractivity contribution in [1.82, 2.24) is 0 Å². The summed E-state index contributed by atoms with van der Waals surface area (Å²) >= 11 is 0. The highest BCUT2D eigenvalue weighted by atomic mass is 32.2. The van der Waals surface area contributed by atoms with Gasteiger partial charge in [0.2, 0.25) is 0 Å². The van der Waals surface area contributed by atoms with Gasteiger partial charge in [0, 0.05) is 11.8 Å². The molecule has 0 amide bonds. The third-order valence-electron chi connectivity index (χ3n) is 1.78. The van der Waals surface area contributed by atoms with Crippen LogP contribution in [0.25, 0.3) is 0 Å². The molecular formula is C10H15O2S2+. The molecule has 78 valence electrons. The fraction of sp³-hybridized carbons (Fsp3) is 0.400. The van der Waals surface area contributed by atoms with Crippen LogP contribution in [0.1, 0.15) is 5.56 Å². The summed E-state index contributed by atoms with van der Waals surface area (Å²) in [5.41, 5.74) is 1.10. The van der Waals surface area contributed by atoms with Crippen molar-refractivity contribution < 1.29 is 8.42 Å².